The predicted molar refractivity (Wildman–Crippen MR) is 163 cm³/mol. The number of H-pyrrole nitrogens is 1. The third-order valence-electron chi connectivity index (χ3n) is 6.96. The molecule has 0 spiro atoms. The fraction of sp³-hybridized carbons (Fsp3) is 0.121. The van der Waals surface area contributed by atoms with Crippen molar-refractivity contribution in [3.63, 3.8) is 0 Å². The molecule has 6 N–H and O–H groups in total. The number of hydrogen-bond acceptors (Lipinski definition) is 5. The van der Waals surface area contributed by atoms with E-state index in [-0.39, 0.29) is 24.3 Å². The van der Waals surface area contributed by atoms with E-state index in [1.54, 1.807) is 79.9 Å². The topological polar surface area (TPSA) is 138 Å². The molecule has 0 aliphatic heterocycles. The van der Waals surface area contributed by atoms with E-state index in [0.717, 1.165) is 22.0 Å². The molecule has 42 heavy (non-hydrogen) atoms. The molecule has 0 radical (unpaired) electrons. The van der Waals surface area contributed by atoms with Crippen LogP contribution in [-0.2, 0) is 17.8 Å². The Morgan fingerprint density at radius 2 is 1.50 bits per heavy atom. The van der Waals surface area contributed by atoms with E-state index in [1.165, 1.54) is 0 Å². The van der Waals surface area contributed by atoms with Crippen LogP contribution in [0.15, 0.2) is 103 Å². The van der Waals surface area contributed by atoms with Crippen LogP contribution in [-0.4, -0.2) is 35.9 Å². The molecule has 5 rings (SSSR count). The van der Waals surface area contributed by atoms with Gasteiger partial charge in [-0.1, -0.05) is 42.5 Å². The standard InChI is InChI=1S/C33H31N5O4/c1-42-25-16-14-23(15-17-25)32(40)38-30(18-24-20-35-28-8-4-2-6-26(24)28)33(41)36-19-21-10-12-22(13-11-21)31(39)37-29-9-5-3-7-27(29)34/h2-17,20,30,35H,18-19,34H2,1H3,(H,36,41)(H,37,39)(H,38,40). The number of aromatic amines is 1. The quantitative estimate of drug-likeness (QED) is 0.158. The molecular formula is C33H31N5O4. The van der Waals surface area contributed by atoms with Gasteiger partial charge >= 0.3 is 0 Å². The molecule has 9 nitrogen and oxygen atoms in total. The summed E-state index contributed by atoms with van der Waals surface area (Å²) in [7, 11) is 1.56. The molecule has 0 aliphatic rings. The van der Waals surface area contributed by atoms with Gasteiger partial charge in [-0.2, -0.15) is 0 Å². The van der Waals surface area contributed by atoms with Gasteiger partial charge in [-0.3, -0.25) is 14.4 Å². The average Bonchev–Trinajstić information content (AvgIpc) is 3.43. The van der Waals surface area contributed by atoms with Gasteiger partial charge in [0.05, 0.1) is 18.5 Å². The molecule has 1 aromatic heterocycles. The van der Waals surface area contributed by atoms with Crippen LogP contribution in [0.4, 0.5) is 11.4 Å². The van der Waals surface area contributed by atoms with E-state index in [9.17, 15) is 14.4 Å². The Morgan fingerprint density at radius 3 is 2.24 bits per heavy atom. The summed E-state index contributed by atoms with van der Waals surface area (Å²) in [5, 5.41) is 9.61. The van der Waals surface area contributed by atoms with Crippen LogP contribution < -0.4 is 26.4 Å². The van der Waals surface area contributed by atoms with Crippen molar-refractivity contribution in [3.05, 3.63) is 126 Å². The molecule has 0 aliphatic carbocycles. The van der Waals surface area contributed by atoms with E-state index < -0.39 is 6.04 Å². The predicted octanol–water partition coefficient (Wildman–Crippen LogP) is 4.67. The lowest BCUT2D eigenvalue weighted by Crippen LogP contribution is -2.47. The summed E-state index contributed by atoms with van der Waals surface area (Å²) in [6.45, 7) is 0.217. The van der Waals surface area contributed by atoms with Crippen molar-refractivity contribution in [2.24, 2.45) is 0 Å². The lowest BCUT2D eigenvalue weighted by atomic mass is 10.0. The molecule has 1 heterocycles. The Bertz CT molecular complexity index is 1710. The van der Waals surface area contributed by atoms with Crippen LogP contribution in [0.3, 0.4) is 0 Å². The fourth-order valence-electron chi connectivity index (χ4n) is 4.61. The summed E-state index contributed by atoms with van der Waals surface area (Å²) in [6, 6.07) is 27.6. The normalized spacial score (nSPS) is 11.5. The van der Waals surface area contributed by atoms with Gasteiger partial charge in [0.15, 0.2) is 0 Å². The van der Waals surface area contributed by atoms with Crippen molar-refractivity contribution in [1.82, 2.24) is 15.6 Å². The number of benzene rings is 4. The maximum absolute atomic E-state index is 13.4. The van der Waals surface area contributed by atoms with Crippen molar-refractivity contribution in [3.8, 4) is 5.75 Å². The number of nitrogens with two attached hydrogens (primary N) is 1. The summed E-state index contributed by atoms with van der Waals surface area (Å²) in [5.74, 6) is -0.355. The van der Waals surface area contributed by atoms with Crippen LogP contribution in [0, 0.1) is 0 Å². The first-order chi connectivity index (χ1) is 20.4. The van der Waals surface area contributed by atoms with Crippen molar-refractivity contribution in [1.29, 1.82) is 0 Å². The molecule has 9 heteroatoms. The third-order valence-corrected chi connectivity index (χ3v) is 6.96. The zero-order valence-corrected chi connectivity index (χ0v) is 23.0. The van der Waals surface area contributed by atoms with Gasteiger partial charge in [0, 0.05) is 41.2 Å². The Hall–Kier alpha value is -5.57. The number of carbonyl (C=O) groups excluding carboxylic acids is 3. The molecule has 0 saturated carbocycles. The highest BCUT2D eigenvalue weighted by molar-refractivity contribution is 6.05. The van der Waals surface area contributed by atoms with E-state index in [1.807, 2.05) is 30.5 Å². The van der Waals surface area contributed by atoms with Gasteiger partial charge in [0.25, 0.3) is 11.8 Å². The van der Waals surface area contributed by atoms with E-state index in [2.05, 4.69) is 20.9 Å². The molecule has 3 amide bonds. The van der Waals surface area contributed by atoms with Gasteiger partial charge in [0.1, 0.15) is 11.8 Å². The lowest BCUT2D eigenvalue weighted by molar-refractivity contribution is -0.123. The van der Waals surface area contributed by atoms with Crippen molar-refractivity contribution < 1.29 is 19.1 Å². The molecule has 1 atom stereocenters. The average molecular weight is 562 g/mol. The Kier molecular flexibility index (Phi) is 8.48. The summed E-state index contributed by atoms with van der Waals surface area (Å²) >= 11 is 0. The number of ether oxygens (including phenoxy) is 1. The van der Waals surface area contributed by atoms with E-state index >= 15 is 0 Å². The highest BCUT2D eigenvalue weighted by Gasteiger charge is 2.23. The summed E-state index contributed by atoms with van der Waals surface area (Å²) in [6.07, 6.45) is 2.15. The zero-order chi connectivity index (χ0) is 29.5. The summed E-state index contributed by atoms with van der Waals surface area (Å²) < 4.78 is 5.18. The van der Waals surface area contributed by atoms with Gasteiger partial charge < -0.3 is 31.4 Å². The molecule has 212 valence electrons. The molecule has 0 bridgehead atoms. The Labute approximate surface area is 243 Å². The SMILES string of the molecule is COc1ccc(C(=O)NC(Cc2c[nH]c3ccccc23)C(=O)NCc2ccc(C(=O)Nc3ccccc3N)cc2)cc1. The number of anilines is 2. The number of nitrogens with one attached hydrogen (secondary N) is 4. The monoisotopic (exact) mass is 561 g/mol. The zero-order valence-electron chi connectivity index (χ0n) is 23.0. The Balaban J connectivity index is 1.27. The number of hydrogen-bond donors (Lipinski definition) is 5. The second kappa shape index (κ2) is 12.7. The number of fused-ring (bicyclic) bond motifs is 1. The minimum absolute atomic E-state index is 0.217. The van der Waals surface area contributed by atoms with Crippen LogP contribution in [0.1, 0.15) is 31.8 Å². The van der Waals surface area contributed by atoms with Crippen LogP contribution >= 0.6 is 0 Å². The van der Waals surface area contributed by atoms with Gasteiger partial charge in [-0.25, -0.2) is 0 Å². The van der Waals surface area contributed by atoms with Gasteiger partial charge in [0.2, 0.25) is 5.91 Å². The second-order valence-corrected chi connectivity index (χ2v) is 9.77. The largest absolute Gasteiger partial charge is 0.497 e. The first kappa shape index (κ1) is 28.0. The first-order valence-corrected chi connectivity index (χ1v) is 13.4. The minimum Gasteiger partial charge on any atom is -0.497 e. The number of aromatic nitrogens is 1. The van der Waals surface area contributed by atoms with Crippen LogP contribution in [0.25, 0.3) is 10.9 Å². The molecular weight excluding hydrogens is 530 g/mol. The number of para-hydroxylation sites is 3. The number of amides is 3. The van der Waals surface area contributed by atoms with Gasteiger partial charge in [-0.05, 0) is 65.7 Å². The molecule has 1 unspecified atom stereocenters. The minimum atomic E-state index is -0.833. The number of nitrogen functional groups attached to an aromatic ring is 1. The molecule has 0 saturated heterocycles. The smallest absolute Gasteiger partial charge is 0.255 e. The third kappa shape index (κ3) is 6.59. The van der Waals surface area contributed by atoms with E-state index in [0.29, 0.717) is 34.7 Å². The maximum Gasteiger partial charge on any atom is 0.255 e. The lowest BCUT2D eigenvalue weighted by Gasteiger charge is -2.19. The van der Waals surface area contributed by atoms with E-state index in [4.69, 9.17) is 10.5 Å². The number of rotatable bonds is 10. The molecule has 5 aromatic rings. The fourth-order valence-corrected chi connectivity index (χ4v) is 4.61. The molecule has 0 fully saturated rings. The molecule has 4 aromatic carbocycles. The van der Waals surface area contributed by atoms with Crippen LogP contribution in [0.5, 0.6) is 5.75 Å². The Morgan fingerprint density at radius 1 is 0.833 bits per heavy atom. The number of methoxy groups -OCH3 is 1. The number of carbonyl (C=O) groups is 3. The van der Waals surface area contributed by atoms with Gasteiger partial charge in [-0.15, -0.1) is 0 Å². The van der Waals surface area contributed by atoms with Crippen LogP contribution in [0.2, 0.25) is 0 Å². The van der Waals surface area contributed by atoms with Crippen molar-refractivity contribution >= 4 is 40.0 Å². The highest BCUT2D eigenvalue weighted by atomic mass is 16.5. The van der Waals surface area contributed by atoms with Crippen molar-refractivity contribution in [2.45, 2.75) is 19.0 Å². The summed E-state index contributed by atoms with van der Waals surface area (Å²) in [4.78, 5) is 42.4. The first-order valence-electron chi connectivity index (χ1n) is 13.4. The van der Waals surface area contributed by atoms with Crippen molar-refractivity contribution in [2.75, 3.05) is 18.2 Å². The highest BCUT2D eigenvalue weighted by Crippen LogP contribution is 2.20. The second-order valence-electron chi connectivity index (χ2n) is 9.77. The maximum atomic E-state index is 13.4. The summed E-state index contributed by atoms with van der Waals surface area (Å²) in [5.41, 5.74) is 10.5.